The molecule has 12 heteroatoms. The second-order valence-electron chi connectivity index (χ2n) is 7.83. The molecule has 1 aliphatic heterocycles. The molecule has 1 aliphatic rings. The summed E-state index contributed by atoms with van der Waals surface area (Å²) in [7, 11) is 1.55. The van der Waals surface area contributed by atoms with Crippen LogP contribution in [0.4, 0.5) is 4.79 Å². The summed E-state index contributed by atoms with van der Waals surface area (Å²) in [5.74, 6) is 9.88. The summed E-state index contributed by atoms with van der Waals surface area (Å²) in [4.78, 5) is 51.2. The summed E-state index contributed by atoms with van der Waals surface area (Å²) in [6, 6.07) is 14.1. The number of hydrogen-bond donors (Lipinski definition) is 2. The maximum absolute atomic E-state index is 12.4. The average Bonchev–Trinajstić information content (AvgIpc) is 3.13. The van der Waals surface area contributed by atoms with Crippen molar-refractivity contribution in [2.75, 3.05) is 13.7 Å². The fraction of sp³-hybridized carbons (Fsp3) is 0.333. The molecule has 1 fully saturated rings. The van der Waals surface area contributed by atoms with Crippen molar-refractivity contribution in [1.82, 2.24) is 5.01 Å². The third kappa shape index (κ3) is 7.44. The van der Waals surface area contributed by atoms with Crippen LogP contribution in [0.5, 0.6) is 11.5 Å². The highest BCUT2D eigenvalue weighted by Crippen LogP contribution is 2.28. The Morgan fingerprint density at radius 2 is 1.64 bits per heavy atom. The normalized spacial score (nSPS) is 16.0. The zero-order chi connectivity index (χ0) is 26.1. The Bertz CT molecular complexity index is 1080. The number of ether oxygens (including phenoxy) is 3. The molecule has 1 saturated heterocycles. The topological polar surface area (TPSA) is 160 Å². The number of amides is 2. The van der Waals surface area contributed by atoms with Gasteiger partial charge in [-0.1, -0.05) is 24.3 Å². The Labute approximate surface area is 211 Å². The van der Waals surface area contributed by atoms with Crippen molar-refractivity contribution in [3.63, 3.8) is 0 Å². The molecule has 0 saturated carbocycles. The minimum absolute atomic E-state index is 0.00405. The van der Waals surface area contributed by atoms with Crippen molar-refractivity contribution >= 4 is 34.8 Å². The molecule has 3 rings (SSSR count). The van der Waals surface area contributed by atoms with Gasteiger partial charge >= 0.3 is 17.2 Å². The molecule has 0 aromatic heterocycles. The second-order valence-corrected chi connectivity index (χ2v) is 8.99. The van der Waals surface area contributed by atoms with E-state index in [1.54, 1.807) is 55.6 Å². The fourth-order valence-corrected chi connectivity index (χ4v) is 4.32. The molecule has 0 bridgehead atoms. The Morgan fingerprint density at radius 1 is 1.00 bits per heavy atom. The number of imide groups is 1. The predicted molar refractivity (Wildman–Crippen MR) is 129 cm³/mol. The average molecular weight is 518 g/mol. The van der Waals surface area contributed by atoms with E-state index in [1.165, 1.54) is 0 Å². The number of rotatable bonds is 12. The molecule has 11 nitrogen and oxygen atoms in total. The van der Waals surface area contributed by atoms with Gasteiger partial charge < -0.3 is 19.0 Å². The SMILES string of the molecule is COc1ccc(C(COc2ccc(CC3SC(=O)N(N)C3=O)cc2)OC(=O)CCCC(=O)ON)cc1. The van der Waals surface area contributed by atoms with Gasteiger partial charge in [0, 0.05) is 12.8 Å². The van der Waals surface area contributed by atoms with Crippen molar-refractivity contribution in [2.45, 2.75) is 37.0 Å². The minimum Gasteiger partial charge on any atom is -0.497 e. The van der Waals surface area contributed by atoms with Crippen molar-refractivity contribution in [3.05, 3.63) is 59.7 Å². The Morgan fingerprint density at radius 3 is 2.22 bits per heavy atom. The van der Waals surface area contributed by atoms with E-state index < -0.39 is 34.4 Å². The number of benzene rings is 2. The molecule has 36 heavy (non-hydrogen) atoms. The van der Waals surface area contributed by atoms with Crippen LogP contribution >= 0.6 is 11.8 Å². The highest BCUT2D eigenvalue weighted by atomic mass is 32.2. The monoisotopic (exact) mass is 517 g/mol. The highest BCUT2D eigenvalue weighted by Gasteiger charge is 2.37. The van der Waals surface area contributed by atoms with E-state index >= 15 is 0 Å². The largest absolute Gasteiger partial charge is 0.497 e. The summed E-state index contributed by atoms with van der Waals surface area (Å²) < 4.78 is 16.7. The lowest BCUT2D eigenvalue weighted by Gasteiger charge is -2.19. The van der Waals surface area contributed by atoms with Crippen molar-refractivity contribution < 1.29 is 38.2 Å². The summed E-state index contributed by atoms with van der Waals surface area (Å²) >= 11 is 0.901. The molecular formula is C24H27N3O8S. The van der Waals surface area contributed by atoms with Crippen LogP contribution in [-0.4, -0.2) is 47.1 Å². The van der Waals surface area contributed by atoms with Crippen molar-refractivity contribution in [3.8, 4) is 11.5 Å². The zero-order valence-electron chi connectivity index (χ0n) is 19.6. The molecule has 1 heterocycles. The lowest BCUT2D eigenvalue weighted by Crippen LogP contribution is -2.37. The maximum atomic E-state index is 12.4. The number of esters is 1. The van der Waals surface area contributed by atoms with E-state index in [0.29, 0.717) is 28.5 Å². The van der Waals surface area contributed by atoms with Gasteiger partial charge in [-0.3, -0.25) is 19.2 Å². The molecule has 2 aromatic carbocycles. The summed E-state index contributed by atoms with van der Waals surface area (Å²) in [5, 5.41) is -0.389. The third-order valence-electron chi connectivity index (χ3n) is 5.35. The van der Waals surface area contributed by atoms with Crippen LogP contribution < -0.4 is 21.2 Å². The predicted octanol–water partition coefficient (Wildman–Crippen LogP) is 2.43. The lowest BCUT2D eigenvalue weighted by atomic mass is 10.1. The van der Waals surface area contributed by atoms with Gasteiger partial charge in [0.1, 0.15) is 18.1 Å². The summed E-state index contributed by atoms with van der Waals surface area (Å²) in [5.41, 5.74) is 1.54. The van der Waals surface area contributed by atoms with Crippen LogP contribution in [0.1, 0.15) is 36.5 Å². The highest BCUT2D eigenvalue weighted by molar-refractivity contribution is 8.15. The lowest BCUT2D eigenvalue weighted by molar-refractivity contribution is -0.151. The van der Waals surface area contributed by atoms with Crippen LogP contribution in [0.25, 0.3) is 0 Å². The third-order valence-corrected chi connectivity index (χ3v) is 6.40. The Balaban J connectivity index is 1.60. The standard InChI is InChI=1S/C24H27N3O8S/c1-32-17-11-7-16(8-12-17)19(34-21(28)3-2-4-22(29)35-26)14-33-18-9-5-15(6-10-18)13-20-23(30)27(25)24(31)36-20/h5-12,19-20H,2-4,13-14,25-26H2,1H3. The zero-order valence-corrected chi connectivity index (χ0v) is 20.4. The van der Waals surface area contributed by atoms with E-state index in [4.69, 9.17) is 26.0 Å². The van der Waals surface area contributed by atoms with E-state index in [2.05, 4.69) is 4.84 Å². The van der Waals surface area contributed by atoms with E-state index in [9.17, 15) is 19.2 Å². The number of carbonyl (C=O) groups is 4. The number of thioether (sulfide) groups is 1. The molecule has 2 atom stereocenters. The molecule has 0 radical (unpaired) electrons. The number of hydrazine groups is 1. The van der Waals surface area contributed by atoms with Crippen LogP contribution in [-0.2, 0) is 30.4 Å². The second kappa shape index (κ2) is 12.9. The molecule has 0 spiro atoms. The van der Waals surface area contributed by atoms with Gasteiger partial charge in [-0.2, -0.15) is 5.90 Å². The quantitative estimate of drug-likeness (QED) is 0.184. The van der Waals surface area contributed by atoms with Gasteiger partial charge in [-0.15, -0.1) is 0 Å². The molecule has 2 unspecified atom stereocenters. The number of carbonyl (C=O) groups excluding carboxylic acids is 4. The maximum Gasteiger partial charge on any atom is 0.324 e. The first-order valence-electron chi connectivity index (χ1n) is 11.0. The molecule has 192 valence electrons. The smallest absolute Gasteiger partial charge is 0.324 e. The van der Waals surface area contributed by atoms with Crippen molar-refractivity contribution in [2.24, 2.45) is 11.7 Å². The molecule has 4 N–H and O–H groups in total. The van der Waals surface area contributed by atoms with Gasteiger partial charge in [-0.25, -0.2) is 10.9 Å². The van der Waals surface area contributed by atoms with Gasteiger partial charge in [0.2, 0.25) is 0 Å². The molecule has 2 amide bonds. The molecule has 2 aromatic rings. The van der Waals surface area contributed by atoms with Crippen LogP contribution in [0.15, 0.2) is 48.5 Å². The minimum atomic E-state index is -0.710. The first-order valence-corrected chi connectivity index (χ1v) is 11.9. The number of nitrogens with two attached hydrogens (primary N) is 2. The number of methoxy groups -OCH3 is 1. The first-order chi connectivity index (χ1) is 17.3. The van der Waals surface area contributed by atoms with E-state index in [0.717, 1.165) is 17.3 Å². The Kier molecular flexibility index (Phi) is 9.68. The van der Waals surface area contributed by atoms with Gasteiger partial charge in [-0.05, 0) is 60.0 Å². The van der Waals surface area contributed by atoms with E-state index in [-0.39, 0.29) is 25.9 Å². The van der Waals surface area contributed by atoms with Crippen LogP contribution in [0.3, 0.4) is 0 Å². The first kappa shape index (κ1) is 27.0. The molecular weight excluding hydrogens is 490 g/mol. The van der Waals surface area contributed by atoms with Crippen LogP contribution in [0, 0.1) is 0 Å². The van der Waals surface area contributed by atoms with Gasteiger partial charge in [0.15, 0.2) is 6.10 Å². The summed E-state index contributed by atoms with van der Waals surface area (Å²) in [6.45, 7) is 0.0376. The molecule has 0 aliphatic carbocycles. The van der Waals surface area contributed by atoms with E-state index in [1.807, 2.05) is 0 Å². The van der Waals surface area contributed by atoms with Crippen LogP contribution in [0.2, 0.25) is 0 Å². The fourth-order valence-electron chi connectivity index (χ4n) is 3.38. The summed E-state index contributed by atoms with van der Waals surface area (Å²) in [6.07, 6.45) is -0.102. The van der Waals surface area contributed by atoms with Gasteiger partial charge in [0.05, 0.1) is 12.4 Å². The van der Waals surface area contributed by atoms with Gasteiger partial charge in [0.25, 0.3) is 5.91 Å². The van der Waals surface area contributed by atoms with Crippen molar-refractivity contribution in [1.29, 1.82) is 0 Å². The number of hydrogen-bond acceptors (Lipinski definition) is 11. The Hall–Kier alpha value is -3.61. The number of nitrogens with zero attached hydrogens (tertiary/aromatic N) is 1.